The summed E-state index contributed by atoms with van der Waals surface area (Å²) in [5.74, 6) is -0.268. The molecule has 5 nitrogen and oxygen atoms in total. The molecule has 0 aromatic heterocycles. The zero-order valence-electron chi connectivity index (χ0n) is 14.7. The molecule has 1 saturated heterocycles. The van der Waals surface area contributed by atoms with E-state index >= 15 is 0 Å². The molecular weight excluding hydrogens is 333 g/mol. The maximum atomic E-state index is 13.0. The summed E-state index contributed by atoms with van der Waals surface area (Å²) in [4.78, 5) is 27.6. The third-order valence-corrected chi connectivity index (χ3v) is 4.45. The van der Waals surface area contributed by atoms with Crippen molar-refractivity contribution in [3.05, 3.63) is 59.9 Å². The lowest BCUT2D eigenvalue weighted by Gasteiger charge is -2.36. The van der Waals surface area contributed by atoms with E-state index in [1.807, 2.05) is 17.0 Å². The van der Waals surface area contributed by atoms with Crippen molar-refractivity contribution in [1.82, 2.24) is 4.90 Å². The first-order valence-corrected chi connectivity index (χ1v) is 8.66. The van der Waals surface area contributed by atoms with E-state index in [2.05, 4.69) is 10.2 Å². The van der Waals surface area contributed by atoms with Crippen LogP contribution in [0.3, 0.4) is 0 Å². The molecule has 0 spiro atoms. The first kappa shape index (κ1) is 17.9. The Kier molecular flexibility index (Phi) is 5.51. The van der Waals surface area contributed by atoms with Crippen molar-refractivity contribution in [2.45, 2.75) is 13.3 Å². The van der Waals surface area contributed by atoms with Gasteiger partial charge < -0.3 is 15.1 Å². The van der Waals surface area contributed by atoms with Crippen molar-refractivity contribution in [3.8, 4) is 0 Å². The number of hydrogen-bond donors (Lipinski definition) is 1. The molecule has 0 radical (unpaired) electrons. The molecule has 1 N–H and O–H groups in total. The summed E-state index contributed by atoms with van der Waals surface area (Å²) < 4.78 is 13.0. The van der Waals surface area contributed by atoms with Crippen molar-refractivity contribution in [2.24, 2.45) is 0 Å². The first-order chi connectivity index (χ1) is 12.5. The molecule has 2 amide bonds. The molecule has 2 aromatic carbocycles. The van der Waals surface area contributed by atoms with Crippen LogP contribution in [0.4, 0.5) is 15.8 Å². The Hall–Kier alpha value is -2.89. The number of amides is 2. The summed E-state index contributed by atoms with van der Waals surface area (Å²) in [7, 11) is 0. The second-order valence-electron chi connectivity index (χ2n) is 6.40. The van der Waals surface area contributed by atoms with E-state index < -0.39 is 0 Å². The average Bonchev–Trinajstić information content (AvgIpc) is 2.64. The highest BCUT2D eigenvalue weighted by molar-refractivity contribution is 5.88. The second-order valence-corrected chi connectivity index (χ2v) is 6.40. The van der Waals surface area contributed by atoms with E-state index in [9.17, 15) is 14.0 Å². The zero-order valence-corrected chi connectivity index (χ0v) is 14.7. The third-order valence-electron chi connectivity index (χ3n) is 4.45. The SMILES string of the molecule is CC(=O)Nc1ccc(CC(=O)N2CCN(c3ccc(F)cc3)CC2)cc1. The van der Waals surface area contributed by atoms with Gasteiger partial charge in [0, 0.05) is 44.5 Å². The van der Waals surface area contributed by atoms with E-state index in [0.29, 0.717) is 19.5 Å². The fraction of sp³-hybridized carbons (Fsp3) is 0.300. The minimum absolute atomic E-state index is 0.0935. The van der Waals surface area contributed by atoms with Crippen LogP contribution in [0.5, 0.6) is 0 Å². The normalized spacial score (nSPS) is 14.2. The van der Waals surface area contributed by atoms with Gasteiger partial charge in [-0.15, -0.1) is 0 Å². The van der Waals surface area contributed by atoms with Gasteiger partial charge >= 0.3 is 0 Å². The lowest BCUT2D eigenvalue weighted by Crippen LogP contribution is -2.49. The maximum absolute atomic E-state index is 13.0. The predicted molar refractivity (Wildman–Crippen MR) is 99.6 cm³/mol. The minimum Gasteiger partial charge on any atom is -0.368 e. The number of benzene rings is 2. The second kappa shape index (κ2) is 7.99. The molecule has 136 valence electrons. The van der Waals surface area contributed by atoms with Crippen LogP contribution in [0.25, 0.3) is 0 Å². The largest absolute Gasteiger partial charge is 0.368 e. The Morgan fingerprint density at radius 2 is 1.58 bits per heavy atom. The molecule has 1 aliphatic heterocycles. The molecular formula is C20H22FN3O2. The molecule has 1 fully saturated rings. The summed E-state index contributed by atoms with van der Waals surface area (Å²) in [5, 5.41) is 2.71. The topological polar surface area (TPSA) is 52.7 Å². The van der Waals surface area contributed by atoms with Crippen LogP contribution >= 0.6 is 0 Å². The lowest BCUT2D eigenvalue weighted by atomic mass is 10.1. The summed E-state index contributed by atoms with van der Waals surface area (Å²) in [6, 6.07) is 13.8. The predicted octanol–water partition coefficient (Wildman–Crippen LogP) is 2.68. The Morgan fingerprint density at radius 1 is 0.962 bits per heavy atom. The molecule has 1 heterocycles. The van der Waals surface area contributed by atoms with Crippen molar-refractivity contribution >= 4 is 23.2 Å². The van der Waals surface area contributed by atoms with Gasteiger partial charge in [-0.2, -0.15) is 0 Å². The third kappa shape index (κ3) is 4.59. The van der Waals surface area contributed by atoms with Gasteiger partial charge in [0.05, 0.1) is 6.42 Å². The fourth-order valence-electron chi connectivity index (χ4n) is 3.06. The molecule has 2 aromatic rings. The van der Waals surface area contributed by atoms with Crippen LogP contribution in [0.1, 0.15) is 12.5 Å². The summed E-state index contributed by atoms with van der Waals surface area (Å²) >= 11 is 0. The van der Waals surface area contributed by atoms with Crippen molar-refractivity contribution in [3.63, 3.8) is 0 Å². The molecule has 0 aliphatic carbocycles. The van der Waals surface area contributed by atoms with E-state index in [4.69, 9.17) is 0 Å². The van der Waals surface area contributed by atoms with Gasteiger partial charge in [0.2, 0.25) is 11.8 Å². The quantitative estimate of drug-likeness (QED) is 0.917. The van der Waals surface area contributed by atoms with Gasteiger partial charge in [-0.1, -0.05) is 12.1 Å². The van der Waals surface area contributed by atoms with Crippen LogP contribution in [0.15, 0.2) is 48.5 Å². The van der Waals surface area contributed by atoms with Gasteiger partial charge in [0.25, 0.3) is 0 Å². The smallest absolute Gasteiger partial charge is 0.227 e. The van der Waals surface area contributed by atoms with Gasteiger partial charge in [0.1, 0.15) is 5.82 Å². The van der Waals surface area contributed by atoms with E-state index in [1.54, 1.807) is 24.3 Å². The van der Waals surface area contributed by atoms with Gasteiger partial charge in [0.15, 0.2) is 0 Å². The number of nitrogens with one attached hydrogen (secondary N) is 1. The van der Waals surface area contributed by atoms with Gasteiger partial charge in [-0.25, -0.2) is 4.39 Å². The molecule has 0 unspecified atom stereocenters. The molecule has 6 heteroatoms. The van der Waals surface area contributed by atoms with Crippen LogP contribution in [0.2, 0.25) is 0 Å². The van der Waals surface area contributed by atoms with Crippen molar-refractivity contribution in [1.29, 1.82) is 0 Å². The highest BCUT2D eigenvalue weighted by Crippen LogP contribution is 2.18. The summed E-state index contributed by atoms with van der Waals surface area (Å²) in [6.45, 7) is 4.24. The van der Waals surface area contributed by atoms with E-state index in [1.165, 1.54) is 19.1 Å². The van der Waals surface area contributed by atoms with Crippen LogP contribution in [-0.2, 0) is 16.0 Å². The number of carbonyl (C=O) groups is 2. The van der Waals surface area contributed by atoms with Crippen molar-refractivity contribution < 1.29 is 14.0 Å². The standard InChI is InChI=1S/C20H22FN3O2/c1-15(25)22-18-6-2-16(3-7-18)14-20(26)24-12-10-23(11-13-24)19-8-4-17(21)5-9-19/h2-9H,10-14H2,1H3,(H,22,25). The van der Waals surface area contributed by atoms with Crippen LogP contribution in [-0.4, -0.2) is 42.9 Å². The minimum atomic E-state index is -0.243. The number of carbonyl (C=O) groups excluding carboxylic acids is 2. The Balaban J connectivity index is 1.52. The molecule has 26 heavy (non-hydrogen) atoms. The summed E-state index contributed by atoms with van der Waals surface area (Å²) in [6.07, 6.45) is 0.344. The number of rotatable bonds is 4. The number of hydrogen-bond acceptors (Lipinski definition) is 3. The molecule has 0 saturated carbocycles. The number of nitrogens with zero attached hydrogens (tertiary/aromatic N) is 2. The molecule has 0 bridgehead atoms. The highest BCUT2D eigenvalue weighted by atomic mass is 19.1. The Bertz CT molecular complexity index is 767. The fourth-order valence-corrected chi connectivity index (χ4v) is 3.06. The van der Waals surface area contributed by atoms with Crippen LogP contribution in [0, 0.1) is 5.82 Å². The average molecular weight is 355 g/mol. The van der Waals surface area contributed by atoms with E-state index in [-0.39, 0.29) is 17.6 Å². The van der Waals surface area contributed by atoms with E-state index in [0.717, 1.165) is 30.0 Å². The van der Waals surface area contributed by atoms with Gasteiger partial charge in [-0.05, 0) is 42.0 Å². The Morgan fingerprint density at radius 3 is 2.15 bits per heavy atom. The molecule has 1 aliphatic rings. The van der Waals surface area contributed by atoms with Gasteiger partial charge in [-0.3, -0.25) is 9.59 Å². The van der Waals surface area contributed by atoms with Crippen LogP contribution < -0.4 is 10.2 Å². The monoisotopic (exact) mass is 355 g/mol. The molecule has 3 rings (SSSR count). The lowest BCUT2D eigenvalue weighted by molar-refractivity contribution is -0.130. The maximum Gasteiger partial charge on any atom is 0.227 e. The van der Waals surface area contributed by atoms with Crippen molar-refractivity contribution in [2.75, 3.05) is 36.4 Å². The highest BCUT2D eigenvalue weighted by Gasteiger charge is 2.21. The number of anilines is 2. The first-order valence-electron chi connectivity index (χ1n) is 8.66. The summed E-state index contributed by atoms with van der Waals surface area (Å²) in [5.41, 5.74) is 2.62. The number of piperazine rings is 1. The molecule has 0 atom stereocenters. The zero-order chi connectivity index (χ0) is 18.5. The number of halogens is 1. The Labute approximate surface area is 152 Å².